The molecule has 0 amide bonds. The van der Waals surface area contributed by atoms with Crippen LogP contribution in [0.2, 0.25) is 0 Å². The van der Waals surface area contributed by atoms with Gasteiger partial charge in [-0.15, -0.1) is 0 Å². The van der Waals surface area contributed by atoms with Gasteiger partial charge in [-0.2, -0.15) is 0 Å². The first-order valence-corrected chi connectivity index (χ1v) is 17.3. The molecule has 6 heteroatoms. The van der Waals surface area contributed by atoms with Crippen LogP contribution in [-0.2, 0) is 0 Å². The van der Waals surface area contributed by atoms with E-state index in [9.17, 15) is 0 Å². The number of aromatic nitrogens is 4. The monoisotopic (exact) mass is 670 g/mol. The Morgan fingerprint density at radius 3 is 1.12 bits per heavy atom. The summed E-state index contributed by atoms with van der Waals surface area (Å²) >= 11 is 0. The molecule has 6 nitrogen and oxygen atoms in total. The minimum atomic E-state index is 0.619. The number of oxazole rings is 2. The molecule has 246 valence electrons. The standard InChI is InChI=1S/C46H30N4O2/c1-27-47-25-41(51-27)29-19-22-40(50-23-29)44-33-13-5-9-17-37(33)46(38-18-10-6-14-34(38)44)45-35-15-7-3-11-31(35)43(32-12-4-8-16-36(32)45)30-20-21-39(49-24-30)42-26-48-28(2)52-42/h3-26H,1-2H3. The summed E-state index contributed by atoms with van der Waals surface area (Å²) in [4.78, 5) is 18.4. The van der Waals surface area contributed by atoms with Crippen LogP contribution in [0.5, 0.6) is 0 Å². The lowest BCUT2D eigenvalue weighted by atomic mass is 9.81. The summed E-state index contributed by atoms with van der Waals surface area (Å²) in [5.74, 6) is 2.62. The highest BCUT2D eigenvalue weighted by molar-refractivity contribution is 6.29. The second-order valence-electron chi connectivity index (χ2n) is 13.0. The predicted molar refractivity (Wildman–Crippen MR) is 209 cm³/mol. The number of aryl methyl sites for hydroxylation is 2. The molecule has 10 aromatic rings. The molecule has 0 N–H and O–H groups in total. The summed E-state index contributed by atoms with van der Waals surface area (Å²) in [6, 6.07) is 43.2. The van der Waals surface area contributed by atoms with E-state index in [1.807, 2.05) is 32.3 Å². The summed E-state index contributed by atoms with van der Waals surface area (Å²) in [7, 11) is 0. The molecule has 52 heavy (non-hydrogen) atoms. The van der Waals surface area contributed by atoms with Crippen LogP contribution in [0.3, 0.4) is 0 Å². The SMILES string of the molecule is Cc1ncc(-c2ccc(-c3c4ccccc4c(-c4c5ccccc5c(-c5ccc(-c6cnc(C)o6)nc5)c5ccccc45)c4ccccc34)nc2)o1. The highest BCUT2D eigenvalue weighted by Crippen LogP contribution is 2.49. The van der Waals surface area contributed by atoms with Crippen molar-refractivity contribution >= 4 is 43.1 Å². The van der Waals surface area contributed by atoms with Gasteiger partial charge in [0.25, 0.3) is 0 Å². The van der Waals surface area contributed by atoms with Crippen molar-refractivity contribution in [2.24, 2.45) is 0 Å². The quantitative estimate of drug-likeness (QED) is 0.170. The van der Waals surface area contributed by atoms with E-state index in [0.29, 0.717) is 23.3 Å². The summed E-state index contributed by atoms with van der Waals surface area (Å²) in [6.45, 7) is 3.69. The maximum absolute atomic E-state index is 5.79. The van der Waals surface area contributed by atoms with E-state index in [-0.39, 0.29) is 0 Å². The van der Waals surface area contributed by atoms with Gasteiger partial charge >= 0.3 is 0 Å². The Morgan fingerprint density at radius 1 is 0.327 bits per heavy atom. The zero-order chi connectivity index (χ0) is 34.8. The molecule has 0 saturated carbocycles. The molecule has 10 rings (SSSR count). The van der Waals surface area contributed by atoms with Crippen LogP contribution >= 0.6 is 0 Å². The molecular weight excluding hydrogens is 641 g/mol. The zero-order valence-corrected chi connectivity index (χ0v) is 28.5. The van der Waals surface area contributed by atoms with Gasteiger partial charge in [-0.1, -0.05) is 103 Å². The van der Waals surface area contributed by atoms with E-state index in [4.69, 9.17) is 18.8 Å². The Hall–Kier alpha value is -6.92. The molecule has 0 unspecified atom stereocenters. The Bertz CT molecular complexity index is 2660. The van der Waals surface area contributed by atoms with E-state index >= 15 is 0 Å². The largest absolute Gasteiger partial charge is 0.441 e. The number of rotatable bonds is 5. The normalized spacial score (nSPS) is 11.7. The lowest BCUT2D eigenvalue weighted by molar-refractivity contribution is 0.532. The molecule has 0 saturated heterocycles. The first kappa shape index (κ1) is 29.9. The zero-order valence-electron chi connectivity index (χ0n) is 28.5. The number of fused-ring (bicyclic) bond motifs is 4. The number of pyridine rings is 2. The summed E-state index contributed by atoms with van der Waals surface area (Å²) in [6.07, 6.45) is 7.29. The van der Waals surface area contributed by atoms with Gasteiger partial charge in [-0.25, -0.2) is 9.97 Å². The van der Waals surface area contributed by atoms with Crippen molar-refractivity contribution in [2.75, 3.05) is 0 Å². The lowest BCUT2D eigenvalue weighted by Gasteiger charge is -2.22. The number of nitrogens with zero attached hydrogens (tertiary/aromatic N) is 4. The molecule has 0 bridgehead atoms. The van der Waals surface area contributed by atoms with Crippen molar-refractivity contribution in [2.45, 2.75) is 13.8 Å². The highest BCUT2D eigenvalue weighted by Gasteiger charge is 2.23. The van der Waals surface area contributed by atoms with Crippen molar-refractivity contribution < 1.29 is 8.83 Å². The molecule has 0 radical (unpaired) electrons. The molecule has 0 aliphatic rings. The van der Waals surface area contributed by atoms with Crippen LogP contribution in [-0.4, -0.2) is 19.9 Å². The number of benzene rings is 6. The van der Waals surface area contributed by atoms with Gasteiger partial charge in [0.1, 0.15) is 5.69 Å². The average Bonchev–Trinajstić information content (AvgIpc) is 3.84. The maximum Gasteiger partial charge on any atom is 0.191 e. The van der Waals surface area contributed by atoms with Gasteiger partial charge in [0.05, 0.1) is 18.1 Å². The fourth-order valence-corrected chi connectivity index (χ4v) is 7.73. The van der Waals surface area contributed by atoms with Crippen molar-refractivity contribution in [3.8, 4) is 56.3 Å². The fraction of sp³-hybridized carbons (Fsp3) is 0.0435. The molecule has 0 atom stereocenters. The summed E-state index contributed by atoms with van der Waals surface area (Å²) in [5, 5.41) is 9.32. The van der Waals surface area contributed by atoms with Crippen LogP contribution in [0.4, 0.5) is 0 Å². The van der Waals surface area contributed by atoms with E-state index in [1.165, 1.54) is 43.4 Å². The number of hydrogen-bond donors (Lipinski definition) is 0. The van der Waals surface area contributed by atoms with E-state index in [2.05, 4.69) is 125 Å². The van der Waals surface area contributed by atoms with Gasteiger partial charge in [0.15, 0.2) is 23.3 Å². The summed E-state index contributed by atoms with van der Waals surface area (Å²) < 4.78 is 11.6. The third kappa shape index (κ3) is 4.72. The van der Waals surface area contributed by atoms with Crippen molar-refractivity contribution in [3.63, 3.8) is 0 Å². The second-order valence-corrected chi connectivity index (χ2v) is 13.0. The van der Waals surface area contributed by atoms with Crippen LogP contribution < -0.4 is 0 Å². The minimum Gasteiger partial charge on any atom is -0.441 e. The molecule has 0 aliphatic heterocycles. The van der Waals surface area contributed by atoms with Crippen LogP contribution in [0.15, 0.2) is 155 Å². The van der Waals surface area contributed by atoms with Gasteiger partial charge in [-0.05, 0) is 78.0 Å². The molecule has 6 aromatic carbocycles. The van der Waals surface area contributed by atoms with Crippen LogP contribution in [0, 0.1) is 13.8 Å². The highest BCUT2D eigenvalue weighted by atomic mass is 16.4. The molecular formula is C46H30N4O2. The van der Waals surface area contributed by atoms with Gasteiger partial charge in [0, 0.05) is 42.9 Å². The lowest BCUT2D eigenvalue weighted by Crippen LogP contribution is -1.95. The molecule has 0 spiro atoms. The van der Waals surface area contributed by atoms with E-state index in [0.717, 1.165) is 44.4 Å². The first-order chi connectivity index (χ1) is 25.6. The minimum absolute atomic E-state index is 0.619. The molecule has 4 heterocycles. The fourth-order valence-electron chi connectivity index (χ4n) is 7.73. The Morgan fingerprint density at radius 2 is 0.712 bits per heavy atom. The van der Waals surface area contributed by atoms with Gasteiger partial charge in [0.2, 0.25) is 0 Å². The predicted octanol–water partition coefficient (Wildman–Crippen LogP) is 12.0. The van der Waals surface area contributed by atoms with Crippen LogP contribution in [0.1, 0.15) is 11.8 Å². The van der Waals surface area contributed by atoms with Crippen molar-refractivity contribution in [3.05, 3.63) is 158 Å². The first-order valence-electron chi connectivity index (χ1n) is 17.3. The molecule has 0 aliphatic carbocycles. The summed E-state index contributed by atoms with van der Waals surface area (Å²) in [5.41, 5.74) is 8.26. The van der Waals surface area contributed by atoms with E-state index in [1.54, 1.807) is 12.4 Å². The smallest absolute Gasteiger partial charge is 0.191 e. The second kappa shape index (κ2) is 11.9. The van der Waals surface area contributed by atoms with Gasteiger partial charge < -0.3 is 8.83 Å². The van der Waals surface area contributed by atoms with Crippen molar-refractivity contribution in [1.82, 2.24) is 19.9 Å². The maximum atomic E-state index is 5.79. The van der Waals surface area contributed by atoms with E-state index < -0.39 is 0 Å². The van der Waals surface area contributed by atoms with Crippen molar-refractivity contribution in [1.29, 1.82) is 0 Å². The molecule has 0 fully saturated rings. The van der Waals surface area contributed by atoms with Gasteiger partial charge in [-0.3, -0.25) is 9.97 Å². The Labute approximate surface area is 299 Å². The third-order valence-electron chi connectivity index (χ3n) is 9.96. The number of hydrogen-bond acceptors (Lipinski definition) is 6. The Kier molecular flexibility index (Phi) is 6.83. The Balaban J connectivity index is 1.24. The average molecular weight is 671 g/mol. The molecule has 4 aromatic heterocycles. The van der Waals surface area contributed by atoms with Crippen LogP contribution in [0.25, 0.3) is 99.4 Å². The topological polar surface area (TPSA) is 77.8 Å². The third-order valence-corrected chi connectivity index (χ3v) is 9.96.